The molecule has 0 bridgehead atoms. The van der Waals surface area contributed by atoms with Crippen molar-refractivity contribution < 1.29 is 9.47 Å². The summed E-state index contributed by atoms with van der Waals surface area (Å²) in [5, 5.41) is 3.25. The van der Waals surface area contributed by atoms with E-state index >= 15 is 0 Å². The molecule has 15 heavy (non-hydrogen) atoms. The van der Waals surface area contributed by atoms with Gasteiger partial charge in [-0.2, -0.15) is 0 Å². The minimum Gasteiger partial charge on any atom is -0.491 e. The minimum absolute atomic E-state index is 0.590. The number of anilines is 1. The normalized spacial score (nSPS) is 10.1. The van der Waals surface area contributed by atoms with Crippen molar-refractivity contribution in [3.05, 3.63) is 23.8 Å². The second-order valence-corrected chi connectivity index (χ2v) is 3.35. The topological polar surface area (TPSA) is 30.5 Å². The number of nitrogens with one attached hydrogen (secondary N) is 1. The fraction of sp³-hybridized carbons (Fsp3) is 0.500. The average Bonchev–Trinajstić information content (AvgIpc) is 2.23. The molecular formula is C12H19NO2. The first-order chi connectivity index (χ1) is 7.27. The summed E-state index contributed by atoms with van der Waals surface area (Å²) in [5.41, 5.74) is 2.24. The van der Waals surface area contributed by atoms with Crippen LogP contribution in [0.5, 0.6) is 5.75 Å². The molecule has 3 nitrogen and oxygen atoms in total. The first-order valence-corrected chi connectivity index (χ1v) is 5.24. The number of benzene rings is 1. The van der Waals surface area contributed by atoms with Crippen LogP contribution in [0.25, 0.3) is 0 Å². The molecule has 1 rings (SSSR count). The molecule has 84 valence electrons. The van der Waals surface area contributed by atoms with Crippen LogP contribution in [-0.4, -0.2) is 26.9 Å². The summed E-state index contributed by atoms with van der Waals surface area (Å²) >= 11 is 0. The van der Waals surface area contributed by atoms with Gasteiger partial charge >= 0.3 is 0 Å². The lowest BCUT2D eigenvalue weighted by atomic mass is 10.2. The largest absolute Gasteiger partial charge is 0.491 e. The van der Waals surface area contributed by atoms with E-state index in [2.05, 4.69) is 24.4 Å². The van der Waals surface area contributed by atoms with Gasteiger partial charge in [0.1, 0.15) is 12.4 Å². The van der Waals surface area contributed by atoms with Gasteiger partial charge in [0.05, 0.1) is 6.61 Å². The zero-order valence-electron chi connectivity index (χ0n) is 9.67. The maximum atomic E-state index is 5.60. The number of hydrogen-bond acceptors (Lipinski definition) is 3. The highest BCUT2D eigenvalue weighted by Gasteiger charge is 2.00. The molecule has 1 aromatic rings. The molecule has 0 fully saturated rings. The summed E-state index contributed by atoms with van der Waals surface area (Å²) in [6.45, 7) is 6.24. The molecule has 0 atom stereocenters. The highest BCUT2D eigenvalue weighted by molar-refractivity contribution is 5.51. The van der Waals surface area contributed by atoms with Crippen LogP contribution < -0.4 is 10.1 Å². The first-order valence-electron chi connectivity index (χ1n) is 5.24. The summed E-state index contributed by atoms with van der Waals surface area (Å²) < 4.78 is 10.5. The third-order valence-corrected chi connectivity index (χ3v) is 2.11. The summed E-state index contributed by atoms with van der Waals surface area (Å²) in [6.07, 6.45) is 0. The highest BCUT2D eigenvalue weighted by atomic mass is 16.5. The number of rotatable bonds is 6. The zero-order chi connectivity index (χ0) is 11.1. The molecule has 0 heterocycles. The number of hydrogen-bond donors (Lipinski definition) is 1. The Morgan fingerprint density at radius 1 is 1.27 bits per heavy atom. The van der Waals surface area contributed by atoms with Gasteiger partial charge < -0.3 is 14.8 Å². The van der Waals surface area contributed by atoms with E-state index < -0.39 is 0 Å². The smallest absolute Gasteiger partial charge is 0.124 e. The Bertz CT molecular complexity index is 300. The van der Waals surface area contributed by atoms with E-state index in [9.17, 15) is 0 Å². The van der Waals surface area contributed by atoms with Crippen LogP contribution in [0.4, 0.5) is 5.69 Å². The number of methoxy groups -OCH3 is 1. The van der Waals surface area contributed by atoms with Gasteiger partial charge in [-0.05, 0) is 25.5 Å². The third kappa shape index (κ3) is 3.80. The van der Waals surface area contributed by atoms with Crippen LogP contribution in [0, 0.1) is 6.92 Å². The molecule has 0 amide bonds. The maximum Gasteiger partial charge on any atom is 0.124 e. The summed E-state index contributed by atoms with van der Waals surface area (Å²) in [5.74, 6) is 0.922. The fourth-order valence-corrected chi connectivity index (χ4v) is 1.30. The number of aryl methyl sites for hydroxylation is 1. The van der Waals surface area contributed by atoms with Gasteiger partial charge in [-0.25, -0.2) is 0 Å². The lowest BCUT2D eigenvalue weighted by Crippen LogP contribution is -2.05. The highest BCUT2D eigenvalue weighted by Crippen LogP contribution is 2.22. The zero-order valence-corrected chi connectivity index (χ0v) is 9.67. The molecule has 0 aliphatic rings. The van der Waals surface area contributed by atoms with Crippen molar-refractivity contribution in [2.45, 2.75) is 13.8 Å². The number of ether oxygens (including phenoxy) is 2. The van der Waals surface area contributed by atoms with Gasteiger partial charge in [-0.1, -0.05) is 6.07 Å². The molecular weight excluding hydrogens is 190 g/mol. The molecule has 0 saturated carbocycles. The summed E-state index contributed by atoms with van der Waals surface area (Å²) in [6, 6.07) is 6.14. The SMILES string of the molecule is CCNc1ccc(C)c(OCCOC)c1. The molecule has 1 N–H and O–H groups in total. The van der Waals surface area contributed by atoms with Crippen molar-refractivity contribution in [2.75, 3.05) is 32.2 Å². The minimum atomic E-state index is 0.590. The van der Waals surface area contributed by atoms with Crippen LogP contribution in [0.3, 0.4) is 0 Å². The van der Waals surface area contributed by atoms with Crippen LogP contribution in [0.15, 0.2) is 18.2 Å². The quantitative estimate of drug-likeness (QED) is 0.730. The van der Waals surface area contributed by atoms with Crippen molar-refractivity contribution in [1.82, 2.24) is 0 Å². The van der Waals surface area contributed by atoms with Crippen LogP contribution in [0.2, 0.25) is 0 Å². The molecule has 3 heteroatoms. The van der Waals surface area contributed by atoms with Gasteiger partial charge in [-0.3, -0.25) is 0 Å². The second kappa shape index (κ2) is 6.30. The Kier molecular flexibility index (Phi) is 4.98. The molecule has 0 aromatic heterocycles. The van der Waals surface area contributed by atoms with E-state index in [-0.39, 0.29) is 0 Å². The maximum absolute atomic E-state index is 5.60. The molecule has 0 radical (unpaired) electrons. The summed E-state index contributed by atoms with van der Waals surface area (Å²) in [4.78, 5) is 0. The van der Waals surface area contributed by atoms with Gasteiger partial charge in [0, 0.05) is 25.4 Å². The Morgan fingerprint density at radius 2 is 2.07 bits per heavy atom. The fourth-order valence-electron chi connectivity index (χ4n) is 1.30. The Morgan fingerprint density at radius 3 is 2.73 bits per heavy atom. The molecule has 0 saturated heterocycles. The Balaban J connectivity index is 2.63. The van der Waals surface area contributed by atoms with Crippen molar-refractivity contribution in [3.63, 3.8) is 0 Å². The van der Waals surface area contributed by atoms with E-state index in [0.29, 0.717) is 13.2 Å². The van der Waals surface area contributed by atoms with Gasteiger partial charge in [0.25, 0.3) is 0 Å². The first kappa shape index (κ1) is 11.9. The van der Waals surface area contributed by atoms with E-state index in [1.807, 2.05) is 13.0 Å². The van der Waals surface area contributed by atoms with Crippen LogP contribution in [-0.2, 0) is 4.74 Å². The van der Waals surface area contributed by atoms with Gasteiger partial charge in [0.15, 0.2) is 0 Å². The third-order valence-electron chi connectivity index (χ3n) is 2.11. The predicted octanol–water partition coefficient (Wildman–Crippen LogP) is 2.45. The Labute approximate surface area is 91.4 Å². The van der Waals surface area contributed by atoms with Gasteiger partial charge in [-0.15, -0.1) is 0 Å². The Hall–Kier alpha value is -1.22. The van der Waals surface area contributed by atoms with Crippen LogP contribution >= 0.6 is 0 Å². The van der Waals surface area contributed by atoms with Crippen molar-refractivity contribution >= 4 is 5.69 Å². The predicted molar refractivity (Wildman–Crippen MR) is 62.7 cm³/mol. The van der Waals surface area contributed by atoms with Gasteiger partial charge in [0.2, 0.25) is 0 Å². The molecule has 0 spiro atoms. The van der Waals surface area contributed by atoms with E-state index in [0.717, 1.165) is 23.5 Å². The van der Waals surface area contributed by atoms with Crippen molar-refractivity contribution in [2.24, 2.45) is 0 Å². The summed E-state index contributed by atoms with van der Waals surface area (Å²) in [7, 11) is 1.67. The van der Waals surface area contributed by atoms with E-state index in [4.69, 9.17) is 9.47 Å². The van der Waals surface area contributed by atoms with E-state index in [1.165, 1.54) is 0 Å². The second-order valence-electron chi connectivity index (χ2n) is 3.35. The molecule has 1 aromatic carbocycles. The molecule has 0 aliphatic carbocycles. The van der Waals surface area contributed by atoms with Crippen molar-refractivity contribution in [1.29, 1.82) is 0 Å². The average molecular weight is 209 g/mol. The standard InChI is InChI=1S/C12H19NO2/c1-4-13-11-6-5-10(2)12(9-11)15-8-7-14-3/h5-6,9,13H,4,7-8H2,1-3H3. The monoisotopic (exact) mass is 209 g/mol. The molecule has 0 aliphatic heterocycles. The van der Waals surface area contributed by atoms with E-state index in [1.54, 1.807) is 7.11 Å². The lowest BCUT2D eigenvalue weighted by Gasteiger charge is -2.11. The lowest BCUT2D eigenvalue weighted by molar-refractivity contribution is 0.146. The molecule has 0 unspecified atom stereocenters. The van der Waals surface area contributed by atoms with Crippen LogP contribution in [0.1, 0.15) is 12.5 Å². The van der Waals surface area contributed by atoms with Crippen molar-refractivity contribution in [3.8, 4) is 5.75 Å².